The Morgan fingerprint density at radius 3 is 2.42 bits per heavy atom. The number of rotatable bonds is 4. The monoisotopic (exact) mass is 459 g/mol. The van der Waals surface area contributed by atoms with E-state index in [1.807, 2.05) is 43.3 Å². The van der Waals surface area contributed by atoms with Crippen LogP contribution in [0.3, 0.4) is 0 Å². The van der Waals surface area contributed by atoms with E-state index in [9.17, 15) is 14.7 Å². The predicted molar refractivity (Wildman–Crippen MR) is 128 cm³/mol. The van der Waals surface area contributed by atoms with Crippen molar-refractivity contribution >= 4 is 38.9 Å². The average Bonchev–Trinajstić information content (AvgIpc) is 3.20. The molecule has 1 heterocycles. The number of hydrogen-bond donors (Lipinski definition) is 4. The molecule has 2 atom stereocenters. The first-order valence-electron chi connectivity index (χ1n) is 10.2. The highest BCUT2D eigenvalue weighted by atomic mass is 32.1. The van der Waals surface area contributed by atoms with Gasteiger partial charge < -0.3 is 27.0 Å². The van der Waals surface area contributed by atoms with Crippen molar-refractivity contribution in [2.24, 2.45) is 11.5 Å². The first-order chi connectivity index (χ1) is 15.7. The Balaban J connectivity index is 1.70. The zero-order chi connectivity index (χ0) is 23.5. The summed E-state index contributed by atoms with van der Waals surface area (Å²) >= 11 is 1.01. The largest absolute Gasteiger partial charge is 0.477 e. The third-order valence-electron chi connectivity index (χ3n) is 6.11. The van der Waals surface area contributed by atoms with Gasteiger partial charge in [0.25, 0.3) is 0 Å². The summed E-state index contributed by atoms with van der Waals surface area (Å²) in [6.45, 7) is 1.85. The highest BCUT2D eigenvalue weighted by Crippen LogP contribution is 2.50. The van der Waals surface area contributed by atoms with Crippen LogP contribution in [0.1, 0.15) is 38.0 Å². The molecule has 1 aliphatic rings. The number of Topliss-reactive ketones (excluding diaryl/α,β-unsaturated/α-hetero) is 1. The number of benzene rings is 3. The molecule has 7 nitrogen and oxygen atoms in total. The lowest BCUT2D eigenvalue weighted by Crippen LogP contribution is -2.52. The second-order valence-electron chi connectivity index (χ2n) is 8.10. The zero-order valence-electron chi connectivity index (χ0n) is 17.7. The van der Waals surface area contributed by atoms with Gasteiger partial charge in [0.05, 0.1) is 10.7 Å². The van der Waals surface area contributed by atoms with Crippen LogP contribution in [0.4, 0.5) is 5.69 Å². The Labute approximate surface area is 193 Å². The van der Waals surface area contributed by atoms with E-state index in [-0.39, 0.29) is 10.4 Å². The molecule has 0 radical (unpaired) electrons. The van der Waals surface area contributed by atoms with Gasteiger partial charge in [0.15, 0.2) is 5.78 Å². The van der Waals surface area contributed by atoms with Crippen molar-refractivity contribution in [3.8, 4) is 11.5 Å². The molecule has 0 spiro atoms. The Morgan fingerprint density at radius 2 is 1.76 bits per heavy atom. The van der Waals surface area contributed by atoms with E-state index >= 15 is 0 Å². The normalized spacial score (nSPS) is 19.6. The summed E-state index contributed by atoms with van der Waals surface area (Å²) < 4.78 is 6.48. The summed E-state index contributed by atoms with van der Waals surface area (Å²) in [5.41, 5.74) is 20.3. The Bertz CT molecular complexity index is 1450. The van der Waals surface area contributed by atoms with Crippen LogP contribution < -0.4 is 21.9 Å². The average molecular weight is 460 g/mol. The number of nitrogens with two attached hydrogens (primary N) is 3. The smallest absolute Gasteiger partial charge is 0.346 e. The molecule has 4 aromatic rings. The number of carbonyl (C=O) groups is 2. The number of carbonyl (C=O) groups excluding carboxylic acids is 1. The predicted octanol–water partition coefficient (Wildman–Crippen LogP) is 4.07. The van der Waals surface area contributed by atoms with Crippen LogP contribution in [0.5, 0.6) is 11.5 Å². The lowest BCUT2D eigenvalue weighted by atomic mass is 9.69. The first-order valence-corrected chi connectivity index (χ1v) is 11.1. The number of ether oxygens (including phenoxy) is 1. The highest BCUT2D eigenvalue weighted by Gasteiger charge is 2.49. The number of para-hydroxylation sites is 1. The molecule has 0 amide bonds. The van der Waals surface area contributed by atoms with Crippen LogP contribution in [0.25, 0.3) is 10.1 Å². The van der Waals surface area contributed by atoms with E-state index in [1.165, 1.54) is 0 Å². The van der Waals surface area contributed by atoms with Crippen LogP contribution in [-0.2, 0) is 10.3 Å². The lowest BCUT2D eigenvalue weighted by Gasteiger charge is -2.37. The summed E-state index contributed by atoms with van der Waals surface area (Å²) in [4.78, 5) is 25.5. The molecule has 0 saturated carbocycles. The fourth-order valence-corrected chi connectivity index (χ4v) is 5.72. The minimum Gasteiger partial charge on any atom is -0.477 e. The third-order valence-corrected chi connectivity index (χ3v) is 7.35. The molecule has 0 fully saturated rings. The van der Waals surface area contributed by atoms with Crippen molar-refractivity contribution in [2.45, 2.75) is 18.5 Å². The van der Waals surface area contributed by atoms with Crippen LogP contribution in [0, 0.1) is 6.92 Å². The summed E-state index contributed by atoms with van der Waals surface area (Å²) in [6.07, 6.45) is 0. The molecule has 5 rings (SSSR count). The van der Waals surface area contributed by atoms with E-state index in [1.54, 1.807) is 24.3 Å². The Morgan fingerprint density at radius 1 is 1.06 bits per heavy atom. The van der Waals surface area contributed by atoms with Crippen molar-refractivity contribution in [2.75, 3.05) is 5.73 Å². The number of anilines is 1. The molecule has 0 bridgehead atoms. The SMILES string of the molecule is Cc1cc(Oc2ccccc2)ccc1C1(N)C(=O)C(N)c2c(C(=O)O)sc3c(N)ccc1c23. The number of hydrogen-bond acceptors (Lipinski definition) is 7. The molecule has 8 heteroatoms. The quantitative estimate of drug-likeness (QED) is 0.337. The number of carboxylic acids is 1. The van der Waals surface area contributed by atoms with Crippen molar-refractivity contribution in [3.05, 3.63) is 87.8 Å². The van der Waals surface area contributed by atoms with Crippen LogP contribution in [-0.4, -0.2) is 16.9 Å². The van der Waals surface area contributed by atoms with Gasteiger partial charge in [-0.3, -0.25) is 4.79 Å². The zero-order valence-corrected chi connectivity index (χ0v) is 18.5. The van der Waals surface area contributed by atoms with Crippen LogP contribution >= 0.6 is 11.3 Å². The van der Waals surface area contributed by atoms with Gasteiger partial charge in [-0.2, -0.15) is 0 Å². The maximum atomic E-state index is 13.6. The van der Waals surface area contributed by atoms with E-state index in [4.69, 9.17) is 21.9 Å². The summed E-state index contributed by atoms with van der Waals surface area (Å²) in [7, 11) is 0. The van der Waals surface area contributed by atoms with Gasteiger partial charge in [0.2, 0.25) is 0 Å². The lowest BCUT2D eigenvalue weighted by molar-refractivity contribution is -0.124. The maximum absolute atomic E-state index is 13.6. The molecule has 166 valence electrons. The van der Waals surface area contributed by atoms with E-state index < -0.39 is 23.3 Å². The van der Waals surface area contributed by atoms with Gasteiger partial charge in [0, 0.05) is 16.6 Å². The van der Waals surface area contributed by atoms with Gasteiger partial charge in [-0.15, -0.1) is 11.3 Å². The van der Waals surface area contributed by atoms with E-state index in [2.05, 4.69) is 0 Å². The molecule has 33 heavy (non-hydrogen) atoms. The molecule has 1 aromatic heterocycles. The van der Waals surface area contributed by atoms with Gasteiger partial charge in [-0.1, -0.05) is 30.3 Å². The van der Waals surface area contributed by atoms with Crippen molar-refractivity contribution < 1.29 is 19.4 Å². The fraction of sp³-hybridized carbons (Fsp3) is 0.120. The number of aromatic carboxylic acids is 1. The molecule has 0 aliphatic heterocycles. The molecule has 7 N–H and O–H groups in total. The Kier molecular flexibility index (Phi) is 4.75. The maximum Gasteiger partial charge on any atom is 0.346 e. The van der Waals surface area contributed by atoms with Gasteiger partial charge in [-0.25, -0.2) is 4.79 Å². The number of carboxylic acid groups (broad SMARTS) is 1. The molecule has 3 aromatic carbocycles. The number of thiophene rings is 1. The minimum absolute atomic E-state index is 0.00961. The highest BCUT2D eigenvalue weighted by molar-refractivity contribution is 7.21. The third kappa shape index (κ3) is 3.03. The topological polar surface area (TPSA) is 142 Å². The number of ketones is 1. The first kappa shape index (κ1) is 21.1. The fourth-order valence-electron chi connectivity index (χ4n) is 4.58. The molecular formula is C25H21N3O4S. The molecule has 1 aliphatic carbocycles. The van der Waals surface area contributed by atoms with E-state index in [0.29, 0.717) is 38.4 Å². The molecular weight excluding hydrogens is 438 g/mol. The van der Waals surface area contributed by atoms with Crippen molar-refractivity contribution in [3.63, 3.8) is 0 Å². The summed E-state index contributed by atoms with van der Waals surface area (Å²) in [5.74, 6) is -0.331. The minimum atomic E-state index is -1.56. The van der Waals surface area contributed by atoms with E-state index in [0.717, 1.165) is 16.9 Å². The van der Waals surface area contributed by atoms with Crippen molar-refractivity contribution in [1.82, 2.24) is 0 Å². The second-order valence-corrected chi connectivity index (χ2v) is 9.12. The Hall–Kier alpha value is -3.72. The number of aryl methyl sites for hydroxylation is 1. The molecule has 2 unspecified atom stereocenters. The summed E-state index contributed by atoms with van der Waals surface area (Å²) in [5, 5.41) is 10.3. The molecule has 0 saturated heterocycles. The van der Waals surface area contributed by atoms with Crippen LogP contribution in [0.15, 0.2) is 60.7 Å². The summed E-state index contributed by atoms with van der Waals surface area (Å²) in [6, 6.07) is 16.8. The number of nitrogen functional groups attached to an aromatic ring is 1. The van der Waals surface area contributed by atoms with Gasteiger partial charge in [0.1, 0.15) is 21.9 Å². The van der Waals surface area contributed by atoms with Crippen LogP contribution in [0.2, 0.25) is 0 Å². The standard InChI is InChI=1S/C25H21N3O4S/c1-12-11-14(32-13-5-3-2-4-6-13)7-8-15(12)25(28)16-9-10-17(26)21-18(16)19(20(27)23(25)29)22(33-21)24(30)31/h2-11,20H,26-28H2,1H3,(H,30,31). The van der Waals surface area contributed by atoms with Crippen molar-refractivity contribution in [1.29, 1.82) is 0 Å². The van der Waals surface area contributed by atoms with Gasteiger partial charge >= 0.3 is 5.97 Å². The second kappa shape index (κ2) is 7.41. The van der Waals surface area contributed by atoms with Gasteiger partial charge in [-0.05, 0) is 53.9 Å².